The van der Waals surface area contributed by atoms with Gasteiger partial charge in [-0.2, -0.15) is 0 Å². The molecule has 1 nitrogen and oxygen atoms in total. The predicted octanol–water partition coefficient (Wildman–Crippen LogP) is 3.31. The van der Waals surface area contributed by atoms with E-state index in [1.54, 1.807) is 5.56 Å². The molecule has 1 aromatic carbocycles. The van der Waals surface area contributed by atoms with Gasteiger partial charge in [0.05, 0.1) is 0 Å². The lowest BCUT2D eigenvalue weighted by Gasteiger charge is -2.33. The van der Waals surface area contributed by atoms with Crippen LogP contribution in [0.5, 0.6) is 0 Å². The Balaban J connectivity index is 2.03. The van der Waals surface area contributed by atoms with E-state index in [-0.39, 0.29) is 0 Å². The lowest BCUT2D eigenvalue weighted by Crippen LogP contribution is -2.30. The third kappa shape index (κ3) is 1.08. The van der Waals surface area contributed by atoms with Gasteiger partial charge in [-0.15, -0.1) is 0 Å². The van der Waals surface area contributed by atoms with Gasteiger partial charge in [0.1, 0.15) is 0 Å². The molecule has 1 heteroatoms. The van der Waals surface area contributed by atoms with E-state index >= 15 is 0 Å². The number of hydrogen-bond acceptors (Lipinski definition) is 1. The Morgan fingerprint density at radius 3 is 2.64 bits per heavy atom. The molecule has 1 fully saturated rings. The van der Waals surface area contributed by atoms with Crippen molar-refractivity contribution in [2.75, 3.05) is 11.9 Å². The first-order chi connectivity index (χ1) is 6.91. The van der Waals surface area contributed by atoms with Gasteiger partial charge < -0.3 is 5.32 Å². The fourth-order valence-electron chi connectivity index (χ4n) is 3.13. The molecule has 14 heavy (non-hydrogen) atoms. The summed E-state index contributed by atoms with van der Waals surface area (Å²) < 4.78 is 0. The van der Waals surface area contributed by atoms with Crippen LogP contribution in [0.15, 0.2) is 24.3 Å². The van der Waals surface area contributed by atoms with Crippen molar-refractivity contribution in [2.45, 2.75) is 37.5 Å². The van der Waals surface area contributed by atoms with Crippen LogP contribution < -0.4 is 5.32 Å². The minimum atomic E-state index is 0.495. The summed E-state index contributed by atoms with van der Waals surface area (Å²) in [6, 6.07) is 8.86. The lowest BCUT2D eigenvalue weighted by molar-refractivity contribution is 0.319. The third-order valence-corrected chi connectivity index (χ3v) is 3.93. The molecule has 74 valence electrons. The van der Waals surface area contributed by atoms with Gasteiger partial charge in [-0.05, 0) is 24.5 Å². The molecule has 0 radical (unpaired) electrons. The predicted molar refractivity (Wildman–Crippen MR) is 59.7 cm³/mol. The van der Waals surface area contributed by atoms with E-state index in [9.17, 15) is 0 Å². The van der Waals surface area contributed by atoms with Gasteiger partial charge in [0.25, 0.3) is 0 Å². The highest BCUT2D eigenvalue weighted by atomic mass is 14.9. The Labute approximate surface area is 85.5 Å². The van der Waals surface area contributed by atoms with E-state index in [1.807, 2.05) is 0 Å². The molecular weight excluding hydrogens is 170 g/mol. The summed E-state index contributed by atoms with van der Waals surface area (Å²) in [5.74, 6) is 0. The van der Waals surface area contributed by atoms with Crippen LogP contribution >= 0.6 is 0 Å². The van der Waals surface area contributed by atoms with Crippen LogP contribution in [0.1, 0.15) is 37.7 Å². The van der Waals surface area contributed by atoms with Crippen molar-refractivity contribution in [1.82, 2.24) is 0 Å². The first kappa shape index (κ1) is 8.34. The summed E-state index contributed by atoms with van der Waals surface area (Å²) in [6.45, 7) is 1.17. The van der Waals surface area contributed by atoms with Crippen LogP contribution in [0.25, 0.3) is 0 Å². The molecule has 0 unspecified atom stereocenters. The fraction of sp³-hybridized carbons (Fsp3) is 0.538. The summed E-state index contributed by atoms with van der Waals surface area (Å²) in [5, 5.41) is 3.56. The number of benzene rings is 1. The first-order valence-electron chi connectivity index (χ1n) is 5.74. The summed E-state index contributed by atoms with van der Waals surface area (Å²) in [6.07, 6.45) is 7.03. The molecule has 1 aliphatic carbocycles. The zero-order valence-corrected chi connectivity index (χ0v) is 8.55. The van der Waals surface area contributed by atoms with E-state index in [1.165, 1.54) is 44.3 Å². The molecule has 1 heterocycles. The first-order valence-corrected chi connectivity index (χ1v) is 5.74. The topological polar surface area (TPSA) is 12.0 Å². The fourth-order valence-corrected chi connectivity index (χ4v) is 3.13. The van der Waals surface area contributed by atoms with Gasteiger partial charge in [-0.1, -0.05) is 37.5 Å². The van der Waals surface area contributed by atoms with Crippen molar-refractivity contribution in [3.8, 4) is 0 Å². The normalized spacial score (nSPS) is 23.1. The minimum absolute atomic E-state index is 0.495. The Morgan fingerprint density at radius 1 is 1.00 bits per heavy atom. The van der Waals surface area contributed by atoms with Crippen molar-refractivity contribution < 1.29 is 0 Å². The summed E-state index contributed by atoms with van der Waals surface area (Å²) in [4.78, 5) is 0. The molecule has 0 aromatic heterocycles. The number of para-hydroxylation sites is 1. The highest BCUT2D eigenvalue weighted by Crippen LogP contribution is 2.46. The van der Waals surface area contributed by atoms with Crippen LogP contribution in [0.4, 0.5) is 5.69 Å². The molecule has 0 saturated heterocycles. The van der Waals surface area contributed by atoms with Crippen molar-refractivity contribution in [2.24, 2.45) is 0 Å². The Hall–Kier alpha value is -0.980. The summed E-state index contributed by atoms with van der Waals surface area (Å²) >= 11 is 0. The standard InChI is InChI=1S/C13H17N/c1-4-8-13(9-5-1)10-14-12-7-3-2-6-11(12)13/h2-3,6-7,14H,1,4-5,8-10H2. The van der Waals surface area contributed by atoms with Gasteiger partial charge in [0.15, 0.2) is 0 Å². The molecule has 0 atom stereocenters. The average Bonchev–Trinajstić information content (AvgIpc) is 2.60. The third-order valence-electron chi connectivity index (χ3n) is 3.93. The molecule has 1 N–H and O–H groups in total. The van der Waals surface area contributed by atoms with Crippen LogP contribution in [-0.4, -0.2) is 6.54 Å². The van der Waals surface area contributed by atoms with Crippen LogP contribution in [0, 0.1) is 0 Å². The molecule has 1 aliphatic heterocycles. The summed E-state index contributed by atoms with van der Waals surface area (Å²) in [5.41, 5.74) is 3.46. The number of nitrogens with one attached hydrogen (secondary N) is 1. The Morgan fingerprint density at radius 2 is 1.79 bits per heavy atom. The number of hydrogen-bond donors (Lipinski definition) is 1. The highest BCUT2D eigenvalue weighted by Gasteiger charge is 2.39. The van der Waals surface area contributed by atoms with Crippen molar-refractivity contribution >= 4 is 5.69 Å². The van der Waals surface area contributed by atoms with Crippen LogP contribution in [0.3, 0.4) is 0 Å². The SMILES string of the molecule is c1ccc2c(c1)NCC21CCCCC1. The second-order valence-electron chi connectivity index (χ2n) is 4.74. The van der Waals surface area contributed by atoms with E-state index in [0.29, 0.717) is 5.41 Å². The van der Waals surface area contributed by atoms with E-state index in [4.69, 9.17) is 0 Å². The number of rotatable bonds is 0. The largest absolute Gasteiger partial charge is 0.384 e. The molecule has 1 saturated carbocycles. The van der Waals surface area contributed by atoms with Crippen LogP contribution in [-0.2, 0) is 5.41 Å². The lowest BCUT2D eigenvalue weighted by atomic mass is 9.71. The van der Waals surface area contributed by atoms with Gasteiger partial charge >= 0.3 is 0 Å². The van der Waals surface area contributed by atoms with Gasteiger partial charge in [-0.3, -0.25) is 0 Å². The zero-order chi connectivity index (χ0) is 9.43. The molecular formula is C13H17N. The van der Waals surface area contributed by atoms with E-state index in [2.05, 4.69) is 29.6 Å². The average molecular weight is 187 g/mol. The zero-order valence-electron chi connectivity index (χ0n) is 8.55. The van der Waals surface area contributed by atoms with Gasteiger partial charge in [0.2, 0.25) is 0 Å². The smallest absolute Gasteiger partial charge is 0.0379 e. The number of fused-ring (bicyclic) bond motifs is 2. The molecule has 3 rings (SSSR count). The Kier molecular flexibility index (Phi) is 1.79. The quantitative estimate of drug-likeness (QED) is 0.657. The Bertz CT molecular complexity index is 331. The highest BCUT2D eigenvalue weighted by molar-refractivity contribution is 5.60. The molecule has 0 amide bonds. The second kappa shape index (κ2) is 3.01. The molecule has 0 bridgehead atoms. The maximum Gasteiger partial charge on any atom is 0.0379 e. The second-order valence-corrected chi connectivity index (χ2v) is 4.74. The summed E-state index contributed by atoms with van der Waals surface area (Å²) in [7, 11) is 0. The number of anilines is 1. The van der Waals surface area contributed by atoms with Crippen molar-refractivity contribution in [3.05, 3.63) is 29.8 Å². The van der Waals surface area contributed by atoms with Crippen LogP contribution in [0.2, 0.25) is 0 Å². The van der Waals surface area contributed by atoms with Crippen molar-refractivity contribution in [1.29, 1.82) is 0 Å². The van der Waals surface area contributed by atoms with E-state index < -0.39 is 0 Å². The minimum Gasteiger partial charge on any atom is -0.384 e. The molecule has 1 aromatic rings. The van der Waals surface area contributed by atoms with Gasteiger partial charge in [0, 0.05) is 17.6 Å². The maximum absolute atomic E-state index is 3.56. The van der Waals surface area contributed by atoms with Crippen molar-refractivity contribution in [3.63, 3.8) is 0 Å². The van der Waals surface area contributed by atoms with Gasteiger partial charge in [-0.25, -0.2) is 0 Å². The maximum atomic E-state index is 3.56. The molecule has 1 spiro atoms. The van der Waals surface area contributed by atoms with E-state index in [0.717, 1.165) is 0 Å². The monoisotopic (exact) mass is 187 g/mol. The molecule has 2 aliphatic rings.